The Hall–Kier alpha value is -2.64. The van der Waals surface area contributed by atoms with Crippen molar-refractivity contribution >= 4 is 22.7 Å². The van der Waals surface area contributed by atoms with Crippen molar-refractivity contribution in [3.8, 4) is 0 Å². The SMILES string of the molecule is CC(C)(C)OCC(=N)/C(=C\[NH2+]CCc1ccc2cccnc2n1)C(=O)O. The fourth-order valence-electron chi connectivity index (χ4n) is 2.23. The van der Waals surface area contributed by atoms with Crippen molar-refractivity contribution < 1.29 is 20.0 Å². The zero-order valence-electron chi connectivity index (χ0n) is 15.3. The average Bonchev–Trinajstić information content (AvgIpc) is 2.58. The number of rotatable bonds is 8. The first-order valence-corrected chi connectivity index (χ1v) is 8.45. The second-order valence-corrected chi connectivity index (χ2v) is 6.89. The molecule has 0 radical (unpaired) electrons. The number of nitrogens with two attached hydrogens (primary N) is 1. The molecule has 4 N–H and O–H groups in total. The number of fused-ring (bicyclic) bond motifs is 1. The predicted octanol–water partition coefficient (Wildman–Crippen LogP) is 1.54. The molecule has 0 unspecified atom stereocenters. The van der Waals surface area contributed by atoms with E-state index in [0.29, 0.717) is 18.6 Å². The molecule has 0 bridgehead atoms. The molecule has 0 amide bonds. The lowest BCUT2D eigenvalue weighted by atomic mass is 10.1. The zero-order valence-corrected chi connectivity index (χ0v) is 15.3. The number of nitrogens with zero attached hydrogens (tertiary/aromatic N) is 2. The Kier molecular flexibility index (Phi) is 6.54. The van der Waals surface area contributed by atoms with Gasteiger partial charge in [-0.15, -0.1) is 0 Å². The first-order valence-electron chi connectivity index (χ1n) is 8.45. The van der Waals surface area contributed by atoms with Crippen molar-refractivity contribution in [3.63, 3.8) is 0 Å². The first-order chi connectivity index (χ1) is 12.3. The third-order valence-corrected chi connectivity index (χ3v) is 3.58. The molecule has 7 nitrogen and oxygen atoms in total. The molecule has 0 aliphatic carbocycles. The average molecular weight is 357 g/mol. The van der Waals surface area contributed by atoms with Gasteiger partial charge in [0.15, 0.2) is 5.65 Å². The van der Waals surface area contributed by atoms with Crippen molar-refractivity contribution in [3.05, 3.63) is 47.9 Å². The second kappa shape index (κ2) is 8.64. The summed E-state index contributed by atoms with van der Waals surface area (Å²) in [6.07, 6.45) is 3.84. The molecule has 7 heteroatoms. The third kappa shape index (κ3) is 6.02. The van der Waals surface area contributed by atoms with Crippen LogP contribution in [0.3, 0.4) is 0 Å². The van der Waals surface area contributed by atoms with Gasteiger partial charge in [0.05, 0.1) is 24.5 Å². The third-order valence-electron chi connectivity index (χ3n) is 3.58. The van der Waals surface area contributed by atoms with Crippen LogP contribution in [0.2, 0.25) is 0 Å². The number of carboxylic acid groups (broad SMARTS) is 1. The highest BCUT2D eigenvalue weighted by Gasteiger charge is 2.19. The number of hydrogen-bond acceptors (Lipinski definition) is 5. The van der Waals surface area contributed by atoms with Crippen LogP contribution < -0.4 is 5.32 Å². The Morgan fingerprint density at radius 3 is 2.81 bits per heavy atom. The minimum atomic E-state index is -1.13. The molecule has 0 saturated carbocycles. The standard InChI is InChI=1S/C19H24N4O3/c1-19(2,3)26-12-16(20)15(18(24)25)11-21-10-8-14-7-6-13-5-4-9-22-17(13)23-14/h4-7,9,11,20-21H,8,10,12H2,1-3H3,(H,24,25)/p+1/b15-11+,20-16?. The van der Waals surface area contributed by atoms with Gasteiger partial charge in [0.2, 0.25) is 0 Å². The summed E-state index contributed by atoms with van der Waals surface area (Å²) in [5.41, 5.74) is 1.07. The molecule has 0 aliphatic heterocycles. The summed E-state index contributed by atoms with van der Waals surface area (Å²) in [6.45, 7) is 6.18. The molecule has 0 atom stereocenters. The molecule has 2 rings (SSSR count). The van der Waals surface area contributed by atoms with Gasteiger partial charge in [-0.1, -0.05) is 0 Å². The Balaban J connectivity index is 1.92. The maximum atomic E-state index is 11.4. The van der Waals surface area contributed by atoms with Gasteiger partial charge in [0, 0.05) is 23.7 Å². The predicted molar refractivity (Wildman–Crippen MR) is 99.2 cm³/mol. The highest BCUT2D eigenvalue weighted by Crippen LogP contribution is 2.09. The van der Waals surface area contributed by atoms with Crippen molar-refractivity contribution in [1.29, 1.82) is 5.41 Å². The molecule has 138 valence electrons. The first kappa shape index (κ1) is 19.7. The highest BCUT2D eigenvalue weighted by molar-refractivity contribution is 6.18. The van der Waals surface area contributed by atoms with Gasteiger partial charge in [-0.25, -0.2) is 14.8 Å². The van der Waals surface area contributed by atoms with E-state index in [1.165, 1.54) is 6.20 Å². The molecular weight excluding hydrogens is 332 g/mol. The topological polar surface area (TPSA) is 113 Å². The fraction of sp³-hybridized carbons (Fsp3) is 0.368. The zero-order chi connectivity index (χ0) is 19.2. The van der Waals surface area contributed by atoms with Crippen LogP contribution in [-0.4, -0.2) is 45.5 Å². The van der Waals surface area contributed by atoms with E-state index in [4.69, 9.17) is 10.1 Å². The molecule has 0 aromatic carbocycles. The molecule has 2 aromatic heterocycles. The van der Waals surface area contributed by atoms with Gasteiger partial charge in [0.1, 0.15) is 11.8 Å². The van der Waals surface area contributed by atoms with Crippen molar-refractivity contribution in [2.24, 2.45) is 0 Å². The minimum absolute atomic E-state index is 0.0344. The van der Waals surface area contributed by atoms with Crippen LogP contribution in [0.25, 0.3) is 11.0 Å². The number of aromatic nitrogens is 2. The number of pyridine rings is 2. The van der Waals surface area contributed by atoms with Gasteiger partial charge in [-0.3, -0.25) is 0 Å². The fourth-order valence-corrected chi connectivity index (χ4v) is 2.23. The minimum Gasteiger partial charge on any atom is -0.477 e. The number of ether oxygens (including phenoxy) is 1. The van der Waals surface area contributed by atoms with E-state index in [1.807, 2.05) is 45.0 Å². The number of hydrogen-bond donors (Lipinski definition) is 3. The maximum Gasteiger partial charge on any atom is 0.343 e. The van der Waals surface area contributed by atoms with Gasteiger partial charge in [-0.05, 0) is 45.0 Å². The summed E-state index contributed by atoms with van der Waals surface area (Å²) in [5, 5.41) is 20.0. The maximum absolute atomic E-state index is 11.4. The van der Waals surface area contributed by atoms with Gasteiger partial charge in [-0.2, -0.15) is 0 Å². The van der Waals surface area contributed by atoms with Crippen LogP contribution in [0.1, 0.15) is 26.5 Å². The number of nitrogens with one attached hydrogen (secondary N) is 1. The summed E-state index contributed by atoms with van der Waals surface area (Å²) in [6, 6.07) is 7.74. The number of carbonyl (C=O) groups is 1. The Morgan fingerprint density at radius 2 is 2.12 bits per heavy atom. The van der Waals surface area contributed by atoms with Gasteiger partial charge >= 0.3 is 5.97 Å². The van der Waals surface area contributed by atoms with Crippen LogP contribution >= 0.6 is 0 Å². The second-order valence-electron chi connectivity index (χ2n) is 6.89. The summed E-state index contributed by atoms with van der Waals surface area (Å²) < 4.78 is 5.48. The molecule has 0 fully saturated rings. The van der Waals surface area contributed by atoms with Crippen molar-refractivity contribution in [2.45, 2.75) is 32.8 Å². The lowest BCUT2D eigenvalue weighted by Crippen LogP contribution is -2.79. The normalized spacial score (nSPS) is 12.3. The lowest BCUT2D eigenvalue weighted by molar-refractivity contribution is -0.587. The van der Waals surface area contributed by atoms with E-state index in [2.05, 4.69) is 9.97 Å². The molecule has 0 saturated heterocycles. The van der Waals surface area contributed by atoms with E-state index in [9.17, 15) is 9.90 Å². The summed E-state index contributed by atoms with van der Waals surface area (Å²) in [7, 11) is 0. The number of carboxylic acids is 1. The molecule has 2 heterocycles. The highest BCUT2D eigenvalue weighted by atomic mass is 16.5. The van der Waals surface area contributed by atoms with E-state index < -0.39 is 11.6 Å². The Labute approximate surface area is 152 Å². The van der Waals surface area contributed by atoms with Crippen LogP contribution in [0, 0.1) is 5.41 Å². The summed E-state index contributed by atoms with van der Waals surface area (Å²) in [4.78, 5) is 20.1. The van der Waals surface area contributed by atoms with E-state index in [1.54, 1.807) is 11.5 Å². The van der Waals surface area contributed by atoms with E-state index >= 15 is 0 Å². The van der Waals surface area contributed by atoms with Crippen molar-refractivity contribution in [1.82, 2.24) is 9.97 Å². The molecule has 0 aliphatic rings. The van der Waals surface area contributed by atoms with Crippen LogP contribution in [0.4, 0.5) is 0 Å². The lowest BCUT2D eigenvalue weighted by Gasteiger charge is -2.19. The largest absolute Gasteiger partial charge is 0.477 e. The molecule has 0 spiro atoms. The van der Waals surface area contributed by atoms with E-state index in [0.717, 1.165) is 11.1 Å². The number of quaternary nitrogens is 1. The Bertz CT molecular complexity index is 825. The van der Waals surface area contributed by atoms with Crippen molar-refractivity contribution in [2.75, 3.05) is 13.2 Å². The molecule has 2 aromatic rings. The smallest absolute Gasteiger partial charge is 0.343 e. The summed E-state index contributed by atoms with van der Waals surface area (Å²) in [5.74, 6) is -1.13. The van der Waals surface area contributed by atoms with Crippen LogP contribution in [0.15, 0.2) is 42.2 Å². The monoisotopic (exact) mass is 357 g/mol. The summed E-state index contributed by atoms with van der Waals surface area (Å²) >= 11 is 0. The van der Waals surface area contributed by atoms with E-state index in [-0.39, 0.29) is 17.9 Å². The molecular formula is C19H25N4O3+. The van der Waals surface area contributed by atoms with Crippen LogP contribution in [-0.2, 0) is 16.0 Å². The van der Waals surface area contributed by atoms with Crippen LogP contribution in [0.5, 0.6) is 0 Å². The number of aliphatic carboxylic acids is 1. The van der Waals surface area contributed by atoms with Gasteiger partial charge < -0.3 is 20.6 Å². The van der Waals surface area contributed by atoms with Gasteiger partial charge in [0.25, 0.3) is 0 Å². The Morgan fingerprint density at radius 1 is 1.35 bits per heavy atom. The molecule has 26 heavy (non-hydrogen) atoms. The quantitative estimate of drug-likeness (QED) is 0.377.